The van der Waals surface area contributed by atoms with Crippen molar-refractivity contribution in [2.45, 2.75) is 12.8 Å². The van der Waals surface area contributed by atoms with Gasteiger partial charge in [0.2, 0.25) is 0 Å². The lowest BCUT2D eigenvalue weighted by atomic mass is 10.2. The first-order valence-electron chi connectivity index (χ1n) is 4.99. The Hall–Kier alpha value is -1.13. The second kappa shape index (κ2) is 6.45. The van der Waals surface area contributed by atoms with Gasteiger partial charge < -0.3 is 10.4 Å². The van der Waals surface area contributed by atoms with Gasteiger partial charge in [0.25, 0.3) is 5.91 Å². The Morgan fingerprint density at radius 3 is 2.88 bits per heavy atom. The van der Waals surface area contributed by atoms with Crippen LogP contribution >= 0.6 is 11.6 Å². The summed E-state index contributed by atoms with van der Waals surface area (Å²) in [6.45, 7) is 0.493. The summed E-state index contributed by atoms with van der Waals surface area (Å²) in [5, 5.41) is 11.4. The Balaban J connectivity index is 2.55. The largest absolute Gasteiger partial charge is 0.396 e. The molecule has 0 radical (unpaired) electrons. The van der Waals surface area contributed by atoms with Gasteiger partial charge in [-0.25, -0.2) is 4.39 Å². The molecule has 0 unspecified atom stereocenters. The van der Waals surface area contributed by atoms with E-state index in [4.69, 9.17) is 16.7 Å². The third-order valence-corrected chi connectivity index (χ3v) is 2.28. The highest BCUT2D eigenvalue weighted by atomic mass is 35.5. The fraction of sp³-hybridized carbons (Fsp3) is 0.364. The van der Waals surface area contributed by atoms with Crippen LogP contribution in [0.15, 0.2) is 18.2 Å². The van der Waals surface area contributed by atoms with E-state index in [2.05, 4.69) is 5.32 Å². The van der Waals surface area contributed by atoms with Crippen molar-refractivity contribution in [1.29, 1.82) is 0 Å². The Morgan fingerprint density at radius 2 is 2.19 bits per heavy atom. The number of amides is 1. The Morgan fingerprint density at radius 1 is 1.44 bits per heavy atom. The van der Waals surface area contributed by atoms with Crippen LogP contribution in [-0.4, -0.2) is 24.2 Å². The molecule has 0 aliphatic heterocycles. The molecule has 0 spiro atoms. The van der Waals surface area contributed by atoms with Gasteiger partial charge in [0.05, 0.1) is 5.56 Å². The molecular weight excluding hydrogens is 233 g/mol. The van der Waals surface area contributed by atoms with Crippen LogP contribution in [0, 0.1) is 5.82 Å². The second-order valence-electron chi connectivity index (χ2n) is 3.31. The molecule has 88 valence electrons. The van der Waals surface area contributed by atoms with E-state index in [1.807, 2.05) is 0 Å². The Labute approximate surface area is 98.2 Å². The SMILES string of the molecule is O=C(NCCCCO)c1cc(Cl)ccc1F. The van der Waals surface area contributed by atoms with Gasteiger partial charge in [-0.15, -0.1) is 0 Å². The summed E-state index contributed by atoms with van der Waals surface area (Å²) < 4.78 is 13.2. The molecule has 0 bridgehead atoms. The first kappa shape index (κ1) is 12.9. The number of unbranched alkanes of at least 4 members (excludes halogenated alkanes) is 1. The lowest BCUT2D eigenvalue weighted by Gasteiger charge is -2.05. The van der Waals surface area contributed by atoms with Gasteiger partial charge in [-0.2, -0.15) is 0 Å². The highest BCUT2D eigenvalue weighted by Gasteiger charge is 2.11. The van der Waals surface area contributed by atoms with Crippen LogP contribution in [0.2, 0.25) is 5.02 Å². The van der Waals surface area contributed by atoms with E-state index in [9.17, 15) is 9.18 Å². The highest BCUT2D eigenvalue weighted by Crippen LogP contribution is 2.14. The van der Waals surface area contributed by atoms with Crippen molar-refractivity contribution in [1.82, 2.24) is 5.32 Å². The molecule has 2 N–H and O–H groups in total. The average molecular weight is 246 g/mol. The van der Waals surface area contributed by atoms with E-state index in [-0.39, 0.29) is 12.2 Å². The third-order valence-electron chi connectivity index (χ3n) is 2.04. The summed E-state index contributed by atoms with van der Waals surface area (Å²) in [6, 6.07) is 3.84. The lowest BCUT2D eigenvalue weighted by molar-refractivity contribution is 0.0948. The van der Waals surface area contributed by atoms with Crippen molar-refractivity contribution in [2.75, 3.05) is 13.2 Å². The third kappa shape index (κ3) is 3.79. The van der Waals surface area contributed by atoms with Crippen molar-refractivity contribution < 1.29 is 14.3 Å². The second-order valence-corrected chi connectivity index (χ2v) is 3.75. The summed E-state index contributed by atoms with van der Waals surface area (Å²) in [5.74, 6) is -1.08. The van der Waals surface area contributed by atoms with Crippen molar-refractivity contribution in [2.24, 2.45) is 0 Å². The zero-order chi connectivity index (χ0) is 12.0. The van der Waals surface area contributed by atoms with E-state index in [0.29, 0.717) is 24.4 Å². The number of aliphatic hydroxyl groups is 1. The van der Waals surface area contributed by atoms with Gasteiger partial charge >= 0.3 is 0 Å². The Bertz CT molecular complexity index is 371. The topological polar surface area (TPSA) is 49.3 Å². The molecule has 0 saturated heterocycles. The fourth-order valence-corrected chi connectivity index (χ4v) is 1.38. The molecule has 0 aromatic heterocycles. The van der Waals surface area contributed by atoms with Crippen LogP contribution in [0.25, 0.3) is 0 Å². The van der Waals surface area contributed by atoms with Crippen LogP contribution in [0.1, 0.15) is 23.2 Å². The zero-order valence-electron chi connectivity index (χ0n) is 8.67. The van der Waals surface area contributed by atoms with Crippen LogP contribution in [0.4, 0.5) is 4.39 Å². The molecule has 1 aromatic rings. The molecule has 0 fully saturated rings. The van der Waals surface area contributed by atoms with Gasteiger partial charge in [-0.1, -0.05) is 11.6 Å². The molecule has 0 aliphatic carbocycles. The van der Waals surface area contributed by atoms with E-state index in [1.54, 1.807) is 0 Å². The van der Waals surface area contributed by atoms with Gasteiger partial charge in [0.15, 0.2) is 0 Å². The van der Waals surface area contributed by atoms with Gasteiger partial charge in [0, 0.05) is 18.2 Å². The van der Waals surface area contributed by atoms with E-state index < -0.39 is 11.7 Å². The van der Waals surface area contributed by atoms with Crippen LogP contribution < -0.4 is 5.32 Å². The van der Waals surface area contributed by atoms with Crippen molar-refractivity contribution in [3.8, 4) is 0 Å². The summed E-state index contributed by atoms with van der Waals surface area (Å²) in [4.78, 5) is 11.5. The number of aliphatic hydroxyl groups excluding tert-OH is 1. The number of carbonyl (C=O) groups is 1. The summed E-state index contributed by atoms with van der Waals surface area (Å²) in [7, 11) is 0. The summed E-state index contributed by atoms with van der Waals surface area (Å²) in [5.41, 5.74) is -0.0588. The summed E-state index contributed by atoms with van der Waals surface area (Å²) >= 11 is 5.66. The lowest BCUT2D eigenvalue weighted by Crippen LogP contribution is -2.25. The minimum atomic E-state index is -0.593. The Kier molecular flexibility index (Phi) is 5.22. The minimum Gasteiger partial charge on any atom is -0.396 e. The minimum absolute atomic E-state index is 0.0588. The van der Waals surface area contributed by atoms with Crippen molar-refractivity contribution >= 4 is 17.5 Å². The predicted molar refractivity (Wildman–Crippen MR) is 60.1 cm³/mol. The highest BCUT2D eigenvalue weighted by molar-refractivity contribution is 6.30. The molecule has 5 heteroatoms. The molecule has 3 nitrogen and oxygen atoms in total. The molecule has 1 amide bonds. The molecule has 0 atom stereocenters. The number of carbonyl (C=O) groups excluding carboxylic acids is 1. The first-order chi connectivity index (χ1) is 7.65. The molecule has 1 rings (SSSR count). The van der Waals surface area contributed by atoms with Crippen LogP contribution in [0.5, 0.6) is 0 Å². The summed E-state index contributed by atoms with van der Waals surface area (Å²) in [6.07, 6.45) is 1.27. The maximum absolute atomic E-state index is 13.2. The predicted octanol–water partition coefficient (Wildman–Crippen LogP) is 1.98. The zero-order valence-corrected chi connectivity index (χ0v) is 9.43. The molecule has 0 aliphatic rings. The quantitative estimate of drug-likeness (QED) is 0.780. The van der Waals surface area contributed by atoms with E-state index in [0.717, 1.165) is 6.07 Å². The van der Waals surface area contributed by atoms with Gasteiger partial charge in [-0.05, 0) is 31.0 Å². The average Bonchev–Trinajstić information content (AvgIpc) is 2.27. The molecule has 1 aromatic carbocycles. The number of nitrogens with one attached hydrogen (secondary N) is 1. The number of hydrogen-bond acceptors (Lipinski definition) is 2. The number of halogens is 2. The van der Waals surface area contributed by atoms with Gasteiger partial charge in [-0.3, -0.25) is 4.79 Å². The van der Waals surface area contributed by atoms with Crippen molar-refractivity contribution in [3.63, 3.8) is 0 Å². The maximum Gasteiger partial charge on any atom is 0.254 e. The normalized spacial score (nSPS) is 10.2. The molecule has 16 heavy (non-hydrogen) atoms. The molecule has 0 saturated carbocycles. The van der Waals surface area contributed by atoms with Crippen LogP contribution in [0.3, 0.4) is 0 Å². The van der Waals surface area contributed by atoms with Crippen molar-refractivity contribution in [3.05, 3.63) is 34.6 Å². The molecule has 0 heterocycles. The van der Waals surface area contributed by atoms with Gasteiger partial charge in [0.1, 0.15) is 5.82 Å². The number of rotatable bonds is 5. The monoisotopic (exact) mass is 245 g/mol. The standard InChI is InChI=1S/C11H13ClFNO2/c12-8-3-4-10(13)9(7-8)11(16)14-5-1-2-6-15/h3-4,7,15H,1-2,5-6H2,(H,14,16). The maximum atomic E-state index is 13.2. The number of benzene rings is 1. The number of hydrogen-bond donors (Lipinski definition) is 2. The van der Waals surface area contributed by atoms with E-state index >= 15 is 0 Å². The molecular formula is C11H13ClFNO2. The van der Waals surface area contributed by atoms with E-state index in [1.165, 1.54) is 12.1 Å². The first-order valence-corrected chi connectivity index (χ1v) is 5.37. The fourth-order valence-electron chi connectivity index (χ4n) is 1.21. The van der Waals surface area contributed by atoms with Crippen LogP contribution in [-0.2, 0) is 0 Å². The smallest absolute Gasteiger partial charge is 0.254 e.